The van der Waals surface area contributed by atoms with Gasteiger partial charge in [0.05, 0.1) is 0 Å². The van der Waals surface area contributed by atoms with Crippen LogP contribution in [0.1, 0.15) is 33.1 Å². The Kier molecular flexibility index (Phi) is 4.65. The van der Waals surface area contributed by atoms with Gasteiger partial charge in [0.2, 0.25) is 0 Å². The summed E-state index contributed by atoms with van der Waals surface area (Å²) in [6, 6.07) is 0. The molecule has 0 radical (unpaired) electrons. The predicted molar refractivity (Wildman–Crippen MR) is 66.7 cm³/mol. The summed E-state index contributed by atoms with van der Waals surface area (Å²) < 4.78 is 1.47. The highest BCUT2D eigenvalue weighted by Crippen LogP contribution is 2.36. The Morgan fingerprint density at radius 3 is 2.50 bits per heavy atom. The first-order valence-electron chi connectivity index (χ1n) is 5.51. The summed E-state index contributed by atoms with van der Waals surface area (Å²) in [5, 5.41) is 0. The Balaban J connectivity index is 2.58. The Labute approximate surface area is 96.7 Å². The fourth-order valence-electron chi connectivity index (χ4n) is 2.09. The van der Waals surface area contributed by atoms with Crippen LogP contribution in [-0.2, 0) is 0 Å². The van der Waals surface area contributed by atoms with Crippen molar-refractivity contribution in [1.29, 1.82) is 0 Å². The van der Waals surface area contributed by atoms with E-state index in [4.69, 9.17) is 0 Å². The highest BCUT2D eigenvalue weighted by Gasteiger charge is 2.21. The van der Waals surface area contributed by atoms with Crippen LogP contribution in [0.5, 0.6) is 0 Å². The van der Waals surface area contributed by atoms with Crippen molar-refractivity contribution in [1.82, 2.24) is 4.90 Å². The third kappa shape index (κ3) is 3.39. The third-order valence-electron chi connectivity index (χ3n) is 3.09. The number of hydrogen-bond donors (Lipinski definition) is 0. The lowest BCUT2D eigenvalue weighted by Crippen LogP contribution is -2.21. The van der Waals surface area contributed by atoms with E-state index < -0.39 is 0 Å². The largest absolute Gasteiger partial charge is 0.305 e. The van der Waals surface area contributed by atoms with Crippen molar-refractivity contribution in [2.75, 3.05) is 20.6 Å². The fourth-order valence-corrected chi connectivity index (χ4v) is 2.83. The van der Waals surface area contributed by atoms with Crippen LogP contribution in [0.4, 0.5) is 0 Å². The van der Waals surface area contributed by atoms with Gasteiger partial charge in [0.15, 0.2) is 0 Å². The summed E-state index contributed by atoms with van der Waals surface area (Å²) in [7, 11) is 4.28. The van der Waals surface area contributed by atoms with Gasteiger partial charge in [0.25, 0.3) is 0 Å². The molecular weight excluding hydrogens is 238 g/mol. The average Bonchev–Trinajstić information content (AvgIpc) is 2.07. The minimum absolute atomic E-state index is 0.823. The monoisotopic (exact) mass is 259 g/mol. The fraction of sp³-hybridized carbons (Fsp3) is 0.833. The van der Waals surface area contributed by atoms with Gasteiger partial charge in [-0.1, -0.05) is 29.8 Å². The van der Waals surface area contributed by atoms with E-state index in [0.29, 0.717) is 0 Å². The van der Waals surface area contributed by atoms with Crippen LogP contribution in [0, 0.1) is 11.8 Å². The molecule has 1 atom stereocenters. The Morgan fingerprint density at radius 1 is 1.43 bits per heavy atom. The van der Waals surface area contributed by atoms with Gasteiger partial charge in [-0.2, -0.15) is 0 Å². The van der Waals surface area contributed by atoms with Gasteiger partial charge < -0.3 is 4.90 Å². The van der Waals surface area contributed by atoms with Gasteiger partial charge in [-0.25, -0.2) is 0 Å². The first-order chi connectivity index (χ1) is 6.50. The molecule has 0 aliphatic heterocycles. The molecule has 0 saturated carbocycles. The molecule has 0 heterocycles. The molecule has 1 aliphatic carbocycles. The Morgan fingerprint density at radius 2 is 2.07 bits per heavy atom. The maximum atomic E-state index is 3.74. The molecule has 0 unspecified atom stereocenters. The van der Waals surface area contributed by atoms with Crippen LogP contribution in [-0.4, -0.2) is 25.5 Å². The number of hydrogen-bond acceptors (Lipinski definition) is 1. The highest BCUT2D eigenvalue weighted by atomic mass is 79.9. The normalized spacial score (nSPS) is 23.8. The van der Waals surface area contributed by atoms with Crippen LogP contribution in [0.25, 0.3) is 0 Å². The van der Waals surface area contributed by atoms with Crippen molar-refractivity contribution < 1.29 is 0 Å². The van der Waals surface area contributed by atoms with E-state index in [1.165, 1.54) is 23.7 Å². The minimum Gasteiger partial charge on any atom is -0.305 e. The molecule has 1 rings (SSSR count). The van der Waals surface area contributed by atoms with Gasteiger partial charge >= 0.3 is 0 Å². The summed E-state index contributed by atoms with van der Waals surface area (Å²) in [5.41, 5.74) is 1.60. The topological polar surface area (TPSA) is 3.24 Å². The zero-order valence-electron chi connectivity index (χ0n) is 9.81. The molecule has 0 fully saturated rings. The molecule has 0 bridgehead atoms. The molecule has 0 aromatic carbocycles. The second-order valence-electron chi connectivity index (χ2n) is 4.99. The molecule has 0 aromatic heterocycles. The number of nitrogens with zero attached hydrogens (tertiary/aromatic N) is 1. The average molecular weight is 260 g/mol. The summed E-state index contributed by atoms with van der Waals surface area (Å²) in [4.78, 5) is 2.26. The van der Waals surface area contributed by atoms with Crippen LogP contribution in [0.15, 0.2) is 10.1 Å². The molecule has 0 aromatic rings. The van der Waals surface area contributed by atoms with E-state index in [1.807, 2.05) is 0 Å². The molecule has 0 amide bonds. The maximum Gasteiger partial charge on any atom is 0.0197 e. The number of allylic oxidation sites excluding steroid dienone is 1. The zero-order valence-corrected chi connectivity index (χ0v) is 11.4. The van der Waals surface area contributed by atoms with Gasteiger partial charge in [0, 0.05) is 6.54 Å². The van der Waals surface area contributed by atoms with Gasteiger partial charge in [0.1, 0.15) is 0 Å². The quantitative estimate of drug-likeness (QED) is 0.748. The summed E-state index contributed by atoms with van der Waals surface area (Å²) >= 11 is 3.74. The first kappa shape index (κ1) is 12.3. The smallest absolute Gasteiger partial charge is 0.0197 e. The summed E-state index contributed by atoms with van der Waals surface area (Å²) in [6.07, 6.45) is 3.90. The van der Waals surface area contributed by atoms with Crippen LogP contribution in [0.3, 0.4) is 0 Å². The van der Waals surface area contributed by atoms with Crippen molar-refractivity contribution in [2.24, 2.45) is 11.8 Å². The van der Waals surface area contributed by atoms with Crippen molar-refractivity contribution in [3.05, 3.63) is 10.1 Å². The molecule has 1 aliphatic rings. The zero-order chi connectivity index (χ0) is 10.7. The molecular formula is C12H22BrN. The molecule has 2 heteroatoms. The second kappa shape index (κ2) is 5.32. The molecule has 0 spiro atoms. The minimum atomic E-state index is 0.823. The Hall–Kier alpha value is 0.180. The lowest BCUT2D eigenvalue weighted by atomic mass is 9.82. The molecule has 0 N–H and O–H groups in total. The van der Waals surface area contributed by atoms with Gasteiger partial charge in [-0.15, -0.1) is 0 Å². The van der Waals surface area contributed by atoms with Crippen LogP contribution in [0.2, 0.25) is 0 Å². The lowest BCUT2D eigenvalue weighted by Gasteiger charge is -2.28. The summed E-state index contributed by atoms with van der Waals surface area (Å²) in [6.45, 7) is 5.79. The highest BCUT2D eigenvalue weighted by molar-refractivity contribution is 9.11. The Bertz CT molecular complexity index is 218. The van der Waals surface area contributed by atoms with Crippen LogP contribution < -0.4 is 0 Å². The van der Waals surface area contributed by atoms with Crippen molar-refractivity contribution in [2.45, 2.75) is 33.1 Å². The van der Waals surface area contributed by atoms with Gasteiger partial charge in [-0.05, 0) is 55.2 Å². The first-order valence-corrected chi connectivity index (χ1v) is 6.31. The standard InChI is InChI=1S/C12H22BrN/c1-9(2)10-5-6-11(8-14(3)4)12(13)7-10/h9-10H,5-8H2,1-4H3/t10-/m0/s1. The molecule has 14 heavy (non-hydrogen) atoms. The van der Waals surface area contributed by atoms with Gasteiger partial charge in [-0.3, -0.25) is 0 Å². The van der Waals surface area contributed by atoms with E-state index >= 15 is 0 Å². The number of likely N-dealkylation sites (N-methyl/N-ethyl adjacent to an activating group) is 1. The number of halogens is 1. The van der Waals surface area contributed by atoms with E-state index in [0.717, 1.165) is 18.4 Å². The van der Waals surface area contributed by atoms with E-state index in [2.05, 4.69) is 48.8 Å². The second-order valence-corrected chi connectivity index (χ2v) is 5.95. The van der Waals surface area contributed by atoms with Crippen molar-refractivity contribution >= 4 is 15.9 Å². The van der Waals surface area contributed by atoms with Crippen molar-refractivity contribution in [3.63, 3.8) is 0 Å². The third-order valence-corrected chi connectivity index (χ3v) is 3.98. The SMILES string of the molecule is CC(C)[C@H]1CCC(CN(C)C)=C(Br)C1. The maximum absolute atomic E-state index is 3.74. The lowest BCUT2D eigenvalue weighted by molar-refractivity contribution is 0.337. The summed E-state index contributed by atoms with van der Waals surface area (Å²) in [5.74, 6) is 1.71. The molecule has 1 nitrogen and oxygen atoms in total. The van der Waals surface area contributed by atoms with E-state index in [-0.39, 0.29) is 0 Å². The van der Waals surface area contributed by atoms with E-state index in [1.54, 1.807) is 5.57 Å². The van der Waals surface area contributed by atoms with E-state index in [9.17, 15) is 0 Å². The van der Waals surface area contributed by atoms with Crippen LogP contribution >= 0.6 is 15.9 Å². The molecule has 0 saturated heterocycles. The molecule has 82 valence electrons. The predicted octanol–water partition coefficient (Wildman–Crippen LogP) is 3.65. The number of rotatable bonds is 3. The van der Waals surface area contributed by atoms with Crippen molar-refractivity contribution in [3.8, 4) is 0 Å².